The second-order valence-electron chi connectivity index (χ2n) is 7.00. The Morgan fingerprint density at radius 3 is 2.78 bits per heavy atom. The second-order valence-corrected chi connectivity index (χ2v) is 7.96. The van der Waals surface area contributed by atoms with E-state index in [9.17, 15) is 4.79 Å². The average Bonchev–Trinajstić information content (AvgIpc) is 2.84. The summed E-state index contributed by atoms with van der Waals surface area (Å²) in [5.74, 6) is 2.68. The van der Waals surface area contributed by atoms with Crippen LogP contribution in [-0.2, 0) is 6.54 Å². The van der Waals surface area contributed by atoms with Gasteiger partial charge in [0.2, 0.25) is 0 Å². The van der Waals surface area contributed by atoms with E-state index in [-0.39, 0.29) is 11.6 Å². The first-order valence-corrected chi connectivity index (χ1v) is 11.1. The fourth-order valence-corrected chi connectivity index (χ4v) is 4.15. The molecule has 32 heavy (non-hydrogen) atoms. The molecule has 0 spiro atoms. The molecular formula is C23H23N5O3S. The monoisotopic (exact) mass is 449 g/mol. The minimum Gasteiger partial charge on any atom is -0.493 e. The van der Waals surface area contributed by atoms with Crippen LogP contribution in [0.1, 0.15) is 21.6 Å². The van der Waals surface area contributed by atoms with Crippen molar-refractivity contribution in [3.8, 4) is 11.5 Å². The predicted molar refractivity (Wildman–Crippen MR) is 125 cm³/mol. The lowest BCUT2D eigenvalue weighted by molar-refractivity contribution is 0.102. The van der Waals surface area contributed by atoms with Gasteiger partial charge in [-0.15, -0.1) is 11.8 Å². The first kappa shape index (κ1) is 21.6. The molecule has 0 atom stereocenters. The maximum absolute atomic E-state index is 12.3. The molecule has 0 saturated carbocycles. The first-order valence-electron chi connectivity index (χ1n) is 9.95. The Kier molecular flexibility index (Phi) is 6.86. The zero-order valence-electron chi connectivity index (χ0n) is 17.8. The van der Waals surface area contributed by atoms with Gasteiger partial charge in [-0.25, -0.2) is 4.98 Å². The van der Waals surface area contributed by atoms with E-state index in [0.29, 0.717) is 23.7 Å². The Balaban J connectivity index is 1.47. The van der Waals surface area contributed by atoms with E-state index in [1.165, 1.54) is 18.6 Å². The van der Waals surface area contributed by atoms with Gasteiger partial charge >= 0.3 is 0 Å². The van der Waals surface area contributed by atoms with Gasteiger partial charge in [-0.3, -0.25) is 14.8 Å². The lowest BCUT2D eigenvalue weighted by Gasteiger charge is -2.25. The highest BCUT2D eigenvalue weighted by Gasteiger charge is 2.17. The fraction of sp³-hybridized carbons (Fsp3) is 0.217. The van der Waals surface area contributed by atoms with E-state index >= 15 is 0 Å². The van der Waals surface area contributed by atoms with Crippen LogP contribution in [0.15, 0.2) is 66.2 Å². The number of methoxy groups -OCH3 is 2. The summed E-state index contributed by atoms with van der Waals surface area (Å²) in [5, 5.41) is 9.73. The number of aromatic nitrogens is 2. The zero-order chi connectivity index (χ0) is 22.3. The molecule has 8 nitrogen and oxygen atoms in total. The first-order chi connectivity index (χ1) is 15.7. The third kappa shape index (κ3) is 5.17. The number of anilines is 1. The molecule has 2 heterocycles. The normalized spacial score (nSPS) is 13.3. The highest BCUT2D eigenvalue weighted by molar-refractivity contribution is 8.00. The number of rotatable bonds is 7. The summed E-state index contributed by atoms with van der Waals surface area (Å²) in [4.78, 5) is 20.3. The zero-order valence-corrected chi connectivity index (χ0v) is 18.6. The van der Waals surface area contributed by atoms with Crippen molar-refractivity contribution < 1.29 is 14.3 Å². The maximum Gasteiger partial charge on any atom is 0.275 e. The predicted octanol–water partition coefficient (Wildman–Crippen LogP) is 3.66. The molecule has 0 aliphatic carbocycles. The van der Waals surface area contributed by atoms with E-state index in [2.05, 4.69) is 15.3 Å². The largest absolute Gasteiger partial charge is 0.493 e. The molecule has 0 fully saturated rings. The summed E-state index contributed by atoms with van der Waals surface area (Å²) in [6.45, 7) is 0.624. The highest BCUT2D eigenvalue weighted by atomic mass is 32.2. The molecular weight excluding hydrogens is 426 g/mol. The smallest absolute Gasteiger partial charge is 0.275 e. The summed E-state index contributed by atoms with van der Waals surface area (Å²) in [6.07, 6.45) is 4.47. The third-order valence-electron chi connectivity index (χ3n) is 4.80. The van der Waals surface area contributed by atoms with E-state index in [1.807, 2.05) is 47.5 Å². The van der Waals surface area contributed by atoms with Crippen molar-refractivity contribution in [2.45, 2.75) is 6.54 Å². The summed E-state index contributed by atoms with van der Waals surface area (Å²) in [6, 6.07) is 13.6. The Morgan fingerprint density at radius 1 is 1.12 bits per heavy atom. The molecule has 2 aromatic carbocycles. The standard InChI is InChI=1S/C23H23N5O3S/c1-30-21-7-6-17(11-22(21)31-2)20-14-32-15-28(27-20)13-16-4-3-5-18(10-16)26-23(29)19-12-24-8-9-25-19/h3-12H,13-15H2,1-2H3,(H,26,29). The maximum atomic E-state index is 12.3. The van der Waals surface area contributed by atoms with Crippen LogP contribution in [0.2, 0.25) is 0 Å². The Bertz CT molecular complexity index is 1120. The van der Waals surface area contributed by atoms with Crippen LogP contribution >= 0.6 is 11.8 Å². The van der Waals surface area contributed by atoms with Crippen molar-refractivity contribution in [2.75, 3.05) is 31.2 Å². The van der Waals surface area contributed by atoms with Gasteiger partial charge in [0.25, 0.3) is 5.91 Å². The molecule has 1 aliphatic rings. The lowest BCUT2D eigenvalue weighted by Crippen LogP contribution is -2.25. The van der Waals surface area contributed by atoms with Crippen LogP contribution in [0.5, 0.6) is 11.5 Å². The van der Waals surface area contributed by atoms with Crippen molar-refractivity contribution in [2.24, 2.45) is 5.10 Å². The number of nitrogens with one attached hydrogen (secondary N) is 1. The SMILES string of the molecule is COc1ccc(C2=NN(Cc3cccc(NC(=O)c4cnccn4)c3)CSC2)cc1OC. The van der Waals surface area contributed by atoms with Crippen molar-refractivity contribution in [1.82, 2.24) is 15.0 Å². The molecule has 1 aromatic heterocycles. The third-order valence-corrected chi connectivity index (χ3v) is 5.76. The summed E-state index contributed by atoms with van der Waals surface area (Å²) in [5.41, 5.74) is 4.00. The van der Waals surface area contributed by atoms with Crippen LogP contribution in [-0.4, -0.2) is 52.4 Å². The minimum absolute atomic E-state index is 0.273. The molecule has 0 saturated heterocycles. The van der Waals surface area contributed by atoms with Crippen molar-refractivity contribution >= 4 is 29.1 Å². The second kappa shape index (κ2) is 10.1. The molecule has 0 unspecified atom stereocenters. The fourth-order valence-electron chi connectivity index (χ4n) is 3.28. The molecule has 9 heteroatoms. The molecule has 0 bridgehead atoms. The quantitative estimate of drug-likeness (QED) is 0.589. The molecule has 1 amide bonds. The number of carbonyl (C=O) groups excluding carboxylic acids is 1. The van der Waals surface area contributed by atoms with Crippen LogP contribution in [0.3, 0.4) is 0 Å². The van der Waals surface area contributed by atoms with Gasteiger partial charge in [-0.1, -0.05) is 12.1 Å². The molecule has 3 aromatic rings. The van der Waals surface area contributed by atoms with Crippen molar-refractivity contribution in [1.29, 1.82) is 0 Å². The average molecular weight is 450 g/mol. The highest BCUT2D eigenvalue weighted by Crippen LogP contribution is 2.29. The number of hydrazone groups is 1. The Hall–Kier alpha value is -3.59. The van der Waals surface area contributed by atoms with Crippen LogP contribution < -0.4 is 14.8 Å². The molecule has 1 aliphatic heterocycles. The number of ether oxygens (including phenoxy) is 2. The van der Waals surface area contributed by atoms with Gasteiger partial charge in [-0.2, -0.15) is 5.10 Å². The van der Waals surface area contributed by atoms with E-state index in [0.717, 1.165) is 28.5 Å². The number of nitrogens with zero attached hydrogens (tertiary/aromatic N) is 4. The van der Waals surface area contributed by atoms with Crippen LogP contribution in [0.25, 0.3) is 0 Å². The summed E-state index contributed by atoms with van der Waals surface area (Å²) >= 11 is 1.80. The number of benzene rings is 2. The molecule has 0 radical (unpaired) electrons. The van der Waals surface area contributed by atoms with E-state index in [1.54, 1.807) is 26.0 Å². The molecule has 1 N–H and O–H groups in total. The minimum atomic E-state index is -0.294. The number of hydrogen-bond acceptors (Lipinski definition) is 8. The summed E-state index contributed by atoms with van der Waals surface area (Å²) in [7, 11) is 3.25. The van der Waals surface area contributed by atoms with Gasteiger partial charge in [0.05, 0.1) is 38.5 Å². The van der Waals surface area contributed by atoms with E-state index in [4.69, 9.17) is 14.6 Å². The topological polar surface area (TPSA) is 88.9 Å². The molecule has 4 rings (SSSR count). The van der Waals surface area contributed by atoms with Crippen molar-refractivity contribution in [3.63, 3.8) is 0 Å². The number of amides is 1. The lowest BCUT2D eigenvalue weighted by atomic mass is 10.1. The number of thioether (sulfide) groups is 1. The van der Waals surface area contributed by atoms with E-state index < -0.39 is 0 Å². The van der Waals surface area contributed by atoms with Gasteiger partial charge in [-0.05, 0) is 35.9 Å². The number of hydrogen-bond donors (Lipinski definition) is 1. The van der Waals surface area contributed by atoms with Crippen molar-refractivity contribution in [3.05, 3.63) is 77.9 Å². The van der Waals surface area contributed by atoms with Gasteiger partial charge < -0.3 is 14.8 Å². The van der Waals surface area contributed by atoms with Crippen LogP contribution in [0, 0.1) is 0 Å². The molecule has 164 valence electrons. The Morgan fingerprint density at radius 2 is 2.00 bits per heavy atom. The Labute approximate surface area is 190 Å². The van der Waals surface area contributed by atoms with Gasteiger partial charge in [0, 0.05) is 29.4 Å². The summed E-state index contributed by atoms with van der Waals surface area (Å²) < 4.78 is 10.8. The number of carbonyl (C=O) groups is 1. The van der Waals surface area contributed by atoms with Crippen LogP contribution in [0.4, 0.5) is 5.69 Å². The van der Waals surface area contributed by atoms with Gasteiger partial charge in [0.1, 0.15) is 5.69 Å². The van der Waals surface area contributed by atoms with Gasteiger partial charge in [0.15, 0.2) is 11.5 Å².